The van der Waals surface area contributed by atoms with E-state index in [4.69, 9.17) is 4.74 Å². The molecule has 3 heteroatoms. The lowest BCUT2D eigenvalue weighted by atomic mass is 9.98. The highest BCUT2D eigenvalue weighted by molar-refractivity contribution is 5.37. The van der Waals surface area contributed by atoms with E-state index in [0.29, 0.717) is 18.1 Å². The standard InChI is InChI=1S/C16H24N2O/c1-12(11-13-5-4-9-17-13)18-15-8-10-19-16-7-3-2-6-14(15)16/h2-3,6-7,12-13,15,17-18H,4-5,8-11H2,1H3. The predicted molar refractivity (Wildman–Crippen MR) is 77.5 cm³/mol. The Labute approximate surface area is 115 Å². The van der Waals surface area contributed by atoms with Gasteiger partial charge < -0.3 is 15.4 Å². The van der Waals surface area contributed by atoms with Gasteiger partial charge in [-0.25, -0.2) is 0 Å². The van der Waals surface area contributed by atoms with Crippen molar-refractivity contribution in [3.8, 4) is 5.75 Å². The van der Waals surface area contributed by atoms with Gasteiger partial charge in [-0.1, -0.05) is 18.2 Å². The fraction of sp³-hybridized carbons (Fsp3) is 0.625. The highest BCUT2D eigenvalue weighted by Gasteiger charge is 2.24. The maximum absolute atomic E-state index is 5.72. The maximum Gasteiger partial charge on any atom is 0.124 e. The summed E-state index contributed by atoms with van der Waals surface area (Å²) in [6.07, 6.45) is 4.95. The van der Waals surface area contributed by atoms with Crippen LogP contribution < -0.4 is 15.4 Å². The van der Waals surface area contributed by atoms with Crippen LogP contribution in [0.1, 0.15) is 44.2 Å². The molecule has 2 aliphatic heterocycles. The fourth-order valence-corrected chi connectivity index (χ4v) is 3.31. The van der Waals surface area contributed by atoms with Crippen LogP contribution in [0, 0.1) is 0 Å². The Bertz CT molecular complexity index is 415. The first kappa shape index (κ1) is 12.9. The molecule has 0 bridgehead atoms. The molecule has 3 nitrogen and oxygen atoms in total. The van der Waals surface area contributed by atoms with Gasteiger partial charge >= 0.3 is 0 Å². The van der Waals surface area contributed by atoms with E-state index in [1.165, 1.54) is 31.4 Å². The van der Waals surface area contributed by atoms with Crippen molar-refractivity contribution in [3.05, 3.63) is 29.8 Å². The number of nitrogens with one attached hydrogen (secondary N) is 2. The minimum Gasteiger partial charge on any atom is -0.493 e. The second-order valence-corrected chi connectivity index (χ2v) is 5.82. The van der Waals surface area contributed by atoms with Gasteiger partial charge in [-0.15, -0.1) is 0 Å². The van der Waals surface area contributed by atoms with Crippen LogP contribution in [-0.2, 0) is 0 Å². The van der Waals surface area contributed by atoms with Gasteiger partial charge in [-0.2, -0.15) is 0 Å². The highest BCUT2D eigenvalue weighted by Crippen LogP contribution is 2.32. The average Bonchev–Trinajstić information content (AvgIpc) is 2.92. The van der Waals surface area contributed by atoms with Crippen LogP contribution in [0.3, 0.4) is 0 Å². The van der Waals surface area contributed by atoms with E-state index in [2.05, 4.69) is 35.8 Å². The van der Waals surface area contributed by atoms with Crippen molar-refractivity contribution in [2.24, 2.45) is 0 Å². The zero-order chi connectivity index (χ0) is 13.1. The van der Waals surface area contributed by atoms with E-state index < -0.39 is 0 Å². The Morgan fingerprint density at radius 3 is 3.11 bits per heavy atom. The van der Waals surface area contributed by atoms with Gasteiger partial charge in [-0.05, 0) is 38.8 Å². The first-order valence-corrected chi connectivity index (χ1v) is 7.54. The molecule has 0 aromatic heterocycles. The Hall–Kier alpha value is -1.06. The summed E-state index contributed by atoms with van der Waals surface area (Å²) in [7, 11) is 0. The van der Waals surface area contributed by atoms with Crippen LogP contribution in [0.15, 0.2) is 24.3 Å². The third-order valence-corrected chi connectivity index (χ3v) is 4.24. The van der Waals surface area contributed by atoms with Crippen LogP contribution in [0.4, 0.5) is 0 Å². The lowest BCUT2D eigenvalue weighted by Crippen LogP contribution is -2.37. The molecule has 104 valence electrons. The van der Waals surface area contributed by atoms with Gasteiger partial charge in [-0.3, -0.25) is 0 Å². The van der Waals surface area contributed by atoms with Crippen molar-refractivity contribution >= 4 is 0 Å². The second-order valence-electron chi connectivity index (χ2n) is 5.82. The lowest BCUT2D eigenvalue weighted by molar-refractivity contribution is 0.242. The molecule has 3 unspecified atom stereocenters. The third-order valence-electron chi connectivity index (χ3n) is 4.24. The number of fused-ring (bicyclic) bond motifs is 1. The van der Waals surface area contributed by atoms with Gasteiger partial charge in [0, 0.05) is 30.1 Å². The smallest absolute Gasteiger partial charge is 0.124 e. The topological polar surface area (TPSA) is 33.3 Å². The van der Waals surface area contributed by atoms with E-state index >= 15 is 0 Å². The number of benzene rings is 1. The molecule has 1 saturated heterocycles. The molecular weight excluding hydrogens is 236 g/mol. The minimum absolute atomic E-state index is 0.446. The minimum atomic E-state index is 0.446. The van der Waals surface area contributed by atoms with E-state index in [1.807, 2.05) is 6.07 Å². The Balaban J connectivity index is 1.60. The van der Waals surface area contributed by atoms with E-state index in [9.17, 15) is 0 Å². The van der Waals surface area contributed by atoms with Gasteiger partial charge in [0.15, 0.2) is 0 Å². The average molecular weight is 260 g/mol. The quantitative estimate of drug-likeness (QED) is 0.873. The van der Waals surface area contributed by atoms with Crippen molar-refractivity contribution in [2.75, 3.05) is 13.2 Å². The molecule has 1 aromatic rings. The zero-order valence-corrected chi connectivity index (χ0v) is 11.7. The van der Waals surface area contributed by atoms with Crippen LogP contribution in [0.5, 0.6) is 5.75 Å². The molecule has 2 aliphatic rings. The van der Waals surface area contributed by atoms with Crippen molar-refractivity contribution in [3.63, 3.8) is 0 Å². The third kappa shape index (κ3) is 3.10. The van der Waals surface area contributed by atoms with Crippen LogP contribution >= 0.6 is 0 Å². The molecule has 19 heavy (non-hydrogen) atoms. The van der Waals surface area contributed by atoms with Crippen LogP contribution in [0.25, 0.3) is 0 Å². The zero-order valence-electron chi connectivity index (χ0n) is 11.7. The van der Waals surface area contributed by atoms with Crippen molar-refractivity contribution in [1.82, 2.24) is 10.6 Å². The summed E-state index contributed by atoms with van der Waals surface area (Å²) in [4.78, 5) is 0. The Morgan fingerprint density at radius 1 is 1.37 bits per heavy atom. The molecule has 0 saturated carbocycles. The lowest BCUT2D eigenvalue weighted by Gasteiger charge is -2.30. The van der Waals surface area contributed by atoms with Crippen molar-refractivity contribution in [2.45, 2.75) is 50.7 Å². The molecule has 0 radical (unpaired) electrons. The Morgan fingerprint density at radius 2 is 2.26 bits per heavy atom. The normalized spacial score (nSPS) is 27.6. The molecule has 3 atom stereocenters. The number of para-hydroxylation sites is 1. The molecular formula is C16H24N2O. The van der Waals surface area contributed by atoms with Gasteiger partial charge in [0.1, 0.15) is 5.75 Å². The first-order chi connectivity index (χ1) is 9.33. The monoisotopic (exact) mass is 260 g/mol. The van der Waals surface area contributed by atoms with Gasteiger partial charge in [0.25, 0.3) is 0 Å². The largest absolute Gasteiger partial charge is 0.493 e. The molecule has 1 fully saturated rings. The summed E-state index contributed by atoms with van der Waals surface area (Å²) in [5.41, 5.74) is 1.32. The number of ether oxygens (including phenoxy) is 1. The first-order valence-electron chi connectivity index (χ1n) is 7.54. The number of rotatable bonds is 4. The Kier molecular flexibility index (Phi) is 4.04. The molecule has 0 amide bonds. The fourth-order valence-electron chi connectivity index (χ4n) is 3.31. The molecule has 0 aliphatic carbocycles. The number of hydrogen-bond donors (Lipinski definition) is 2. The molecule has 3 rings (SSSR count). The van der Waals surface area contributed by atoms with E-state index in [1.54, 1.807) is 0 Å². The van der Waals surface area contributed by atoms with Crippen molar-refractivity contribution < 1.29 is 4.74 Å². The molecule has 2 N–H and O–H groups in total. The molecule has 2 heterocycles. The van der Waals surface area contributed by atoms with E-state index in [0.717, 1.165) is 18.8 Å². The molecule has 1 aromatic carbocycles. The highest BCUT2D eigenvalue weighted by atomic mass is 16.5. The second kappa shape index (κ2) is 5.93. The summed E-state index contributed by atoms with van der Waals surface area (Å²) < 4.78 is 5.72. The van der Waals surface area contributed by atoms with Crippen LogP contribution in [-0.4, -0.2) is 25.2 Å². The summed E-state index contributed by atoms with van der Waals surface area (Å²) in [5, 5.41) is 7.36. The summed E-state index contributed by atoms with van der Waals surface area (Å²) in [6.45, 7) is 4.32. The van der Waals surface area contributed by atoms with Crippen LogP contribution in [0.2, 0.25) is 0 Å². The summed E-state index contributed by atoms with van der Waals surface area (Å²) in [6, 6.07) is 10.1. The van der Waals surface area contributed by atoms with E-state index in [-0.39, 0.29) is 0 Å². The van der Waals surface area contributed by atoms with Gasteiger partial charge in [0.05, 0.1) is 6.61 Å². The predicted octanol–water partition coefficient (Wildman–Crippen LogP) is 2.63. The summed E-state index contributed by atoms with van der Waals surface area (Å²) >= 11 is 0. The molecule has 0 spiro atoms. The number of hydrogen-bond acceptors (Lipinski definition) is 3. The maximum atomic E-state index is 5.72. The summed E-state index contributed by atoms with van der Waals surface area (Å²) in [5.74, 6) is 1.05. The van der Waals surface area contributed by atoms with Gasteiger partial charge in [0.2, 0.25) is 0 Å². The SMILES string of the molecule is CC(CC1CCCN1)NC1CCOc2ccccc21. The van der Waals surface area contributed by atoms with Crippen molar-refractivity contribution in [1.29, 1.82) is 0 Å².